The summed E-state index contributed by atoms with van der Waals surface area (Å²) in [6, 6.07) is 8.18. The van der Waals surface area contributed by atoms with Gasteiger partial charge in [0, 0.05) is 19.1 Å². The van der Waals surface area contributed by atoms with Crippen LogP contribution in [-0.4, -0.2) is 8.42 Å². The van der Waals surface area contributed by atoms with Crippen molar-refractivity contribution in [2.75, 3.05) is 10.5 Å². The second-order valence-electron chi connectivity index (χ2n) is 4.37. The van der Waals surface area contributed by atoms with Crippen LogP contribution in [0.25, 0.3) is 0 Å². The molecule has 0 aliphatic heterocycles. The average Bonchev–Trinajstić information content (AvgIpc) is 2.37. The Morgan fingerprint density at radius 1 is 1.00 bits per heavy atom. The van der Waals surface area contributed by atoms with Crippen LogP contribution in [0.15, 0.2) is 48.6 Å². The molecule has 0 saturated heterocycles. The summed E-state index contributed by atoms with van der Waals surface area (Å²) in [4.78, 5) is 0.154. The first kappa shape index (κ1) is 16.8. The standard InChI is InChI=1S/C13H11Br3N2O2S/c1-7-4-11(16)13(6-10(7)15)21(19,20)18-8-2-3-9(14)12(17)5-8/h2-6,18H,17H2,1H3. The first-order valence-corrected chi connectivity index (χ1v) is 9.60. The van der Waals surface area contributed by atoms with Crippen molar-refractivity contribution in [1.82, 2.24) is 0 Å². The smallest absolute Gasteiger partial charge is 0.263 e. The molecular formula is C13H11Br3N2O2S. The molecule has 0 fully saturated rings. The van der Waals surface area contributed by atoms with Gasteiger partial charge in [0.2, 0.25) is 0 Å². The van der Waals surface area contributed by atoms with Gasteiger partial charge in [-0.25, -0.2) is 8.42 Å². The molecule has 0 aliphatic rings. The lowest BCUT2D eigenvalue weighted by molar-refractivity contribution is 0.600. The van der Waals surface area contributed by atoms with Crippen LogP contribution in [0.2, 0.25) is 0 Å². The fourth-order valence-electron chi connectivity index (χ4n) is 1.65. The van der Waals surface area contributed by atoms with E-state index in [0.717, 1.165) is 10.0 Å². The van der Waals surface area contributed by atoms with E-state index in [0.29, 0.717) is 20.3 Å². The van der Waals surface area contributed by atoms with E-state index in [1.165, 1.54) is 0 Å². The molecule has 0 saturated carbocycles. The molecule has 2 rings (SSSR count). The number of aryl methyl sites for hydroxylation is 1. The van der Waals surface area contributed by atoms with Crippen LogP contribution in [-0.2, 0) is 10.0 Å². The molecule has 0 aliphatic carbocycles. The molecule has 0 bridgehead atoms. The molecule has 3 N–H and O–H groups in total. The Balaban J connectivity index is 2.43. The summed E-state index contributed by atoms with van der Waals surface area (Å²) in [6.07, 6.45) is 0. The summed E-state index contributed by atoms with van der Waals surface area (Å²) in [5.74, 6) is 0. The van der Waals surface area contributed by atoms with Crippen LogP contribution >= 0.6 is 47.8 Å². The monoisotopic (exact) mass is 496 g/mol. The Kier molecular flexibility index (Phi) is 5.02. The zero-order valence-electron chi connectivity index (χ0n) is 10.8. The predicted molar refractivity (Wildman–Crippen MR) is 95.9 cm³/mol. The summed E-state index contributed by atoms with van der Waals surface area (Å²) in [6.45, 7) is 1.88. The van der Waals surface area contributed by atoms with Gasteiger partial charge in [0.05, 0.1) is 5.69 Å². The van der Waals surface area contributed by atoms with E-state index in [2.05, 4.69) is 52.5 Å². The maximum absolute atomic E-state index is 12.5. The van der Waals surface area contributed by atoms with Crippen LogP contribution in [0.4, 0.5) is 11.4 Å². The Morgan fingerprint density at radius 2 is 1.67 bits per heavy atom. The largest absolute Gasteiger partial charge is 0.398 e. The number of nitrogens with two attached hydrogens (primary N) is 1. The summed E-state index contributed by atoms with van der Waals surface area (Å²) < 4.78 is 29.4. The lowest BCUT2D eigenvalue weighted by atomic mass is 10.2. The van der Waals surface area contributed by atoms with Crippen molar-refractivity contribution in [2.45, 2.75) is 11.8 Å². The van der Waals surface area contributed by atoms with E-state index in [4.69, 9.17) is 5.73 Å². The van der Waals surface area contributed by atoms with Crippen molar-refractivity contribution in [3.63, 3.8) is 0 Å². The number of nitrogens with one attached hydrogen (secondary N) is 1. The van der Waals surface area contributed by atoms with Crippen LogP contribution in [0.3, 0.4) is 0 Å². The van der Waals surface area contributed by atoms with Crippen molar-refractivity contribution < 1.29 is 8.42 Å². The van der Waals surface area contributed by atoms with Crippen molar-refractivity contribution in [3.8, 4) is 0 Å². The zero-order chi connectivity index (χ0) is 15.8. The van der Waals surface area contributed by atoms with Gasteiger partial charge in [0.1, 0.15) is 4.90 Å². The topological polar surface area (TPSA) is 72.2 Å². The summed E-state index contributed by atoms with van der Waals surface area (Å²) in [7, 11) is -3.71. The Bertz CT molecular complexity index is 807. The van der Waals surface area contributed by atoms with Gasteiger partial charge in [0.15, 0.2) is 0 Å². The van der Waals surface area contributed by atoms with Gasteiger partial charge < -0.3 is 5.73 Å². The van der Waals surface area contributed by atoms with Crippen LogP contribution in [0, 0.1) is 6.92 Å². The molecule has 0 aromatic heterocycles. The maximum atomic E-state index is 12.5. The quantitative estimate of drug-likeness (QED) is 0.604. The average molecular weight is 499 g/mol. The molecule has 2 aromatic carbocycles. The Hall–Kier alpha value is -0.570. The van der Waals surface area contributed by atoms with Gasteiger partial charge in [0.25, 0.3) is 10.0 Å². The van der Waals surface area contributed by atoms with Gasteiger partial charge in [-0.05, 0) is 74.7 Å². The van der Waals surface area contributed by atoms with Crippen LogP contribution < -0.4 is 10.5 Å². The third kappa shape index (κ3) is 3.80. The molecule has 21 heavy (non-hydrogen) atoms. The molecule has 0 amide bonds. The molecule has 0 atom stereocenters. The number of benzene rings is 2. The molecule has 0 unspecified atom stereocenters. The number of hydrogen-bond donors (Lipinski definition) is 2. The van der Waals surface area contributed by atoms with E-state index in [1.54, 1.807) is 30.3 Å². The first-order valence-electron chi connectivity index (χ1n) is 5.74. The molecule has 0 heterocycles. The minimum absolute atomic E-state index is 0.154. The van der Waals surface area contributed by atoms with E-state index >= 15 is 0 Å². The number of sulfonamides is 1. The van der Waals surface area contributed by atoms with E-state index in [1.807, 2.05) is 6.92 Å². The Morgan fingerprint density at radius 3 is 2.29 bits per heavy atom. The number of hydrogen-bond acceptors (Lipinski definition) is 3. The summed E-state index contributed by atoms with van der Waals surface area (Å²) in [5, 5.41) is 0. The SMILES string of the molecule is Cc1cc(Br)c(S(=O)(=O)Nc2ccc(Br)c(N)c2)cc1Br. The Labute approximate surface area is 148 Å². The van der Waals surface area contributed by atoms with E-state index in [9.17, 15) is 8.42 Å². The highest BCUT2D eigenvalue weighted by molar-refractivity contribution is 9.11. The fraction of sp³-hybridized carbons (Fsp3) is 0.0769. The van der Waals surface area contributed by atoms with Crippen LogP contribution in [0.1, 0.15) is 5.56 Å². The summed E-state index contributed by atoms with van der Waals surface area (Å²) in [5.41, 5.74) is 7.55. The van der Waals surface area contributed by atoms with Crippen molar-refractivity contribution in [1.29, 1.82) is 0 Å². The highest BCUT2D eigenvalue weighted by Gasteiger charge is 2.19. The van der Waals surface area contributed by atoms with Crippen molar-refractivity contribution in [3.05, 3.63) is 49.3 Å². The molecule has 2 aromatic rings. The van der Waals surface area contributed by atoms with Crippen molar-refractivity contribution in [2.24, 2.45) is 0 Å². The van der Waals surface area contributed by atoms with E-state index < -0.39 is 10.0 Å². The minimum atomic E-state index is -3.71. The lowest BCUT2D eigenvalue weighted by Crippen LogP contribution is -2.14. The zero-order valence-corrected chi connectivity index (χ0v) is 16.4. The lowest BCUT2D eigenvalue weighted by Gasteiger charge is -2.12. The number of anilines is 2. The summed E-state index contributed by atoms with van der Waals surface area (Å²) >= 11 is 9.89. The fourth-order valence-corrected chi connectivity index (χ4v) is 4.63. The number of rotatable bonds is 3. The van der Waals surface area contributed by atoms with Gasteiger partial charge in [-0.2, -0.15) is 0 Å². The highest BCUT2D eigenvalue weighted by Crippen LogP contribution is 2.31. The van der Waals surface area contributed by atoms with Crippen molar-refractivity contribution >= 4 is 69.2 Å². The first-order chi connectivity index (χ1) is 9.70. The molecular weight excluding hydrogens is 488 g/mol. The highest BCUT2D eigenvalue weighted by atomic mass is 79.9. The normalized spacial score (nSPS) is 11.4. The number of nitrogen functional groups attached to an aromatic ring is 1. The minimum Gasteiger partial charge on any atom is -0.398 e. The van der Waals surface area contributed by atoms with Gasteiger partial charge in [-0.3, -0.25) is 4.72 Å². The third-order valence-electron chi connectivity index (χ3n) is 2.75. The molecule has 0 spiro atoms. The molecule has 112 valence electrons. The molecule has 8 heteroatoms. The number of halogens is 3. The van der Waals surface area contributed by atoms with Crippen LogP contribution in [0.5, 0.6) is 0 Å². The third-order valence-corrected chi connectivity index (χ3v) is 6.67. The maximum Gasteiger partial charge on any atom is 0.263 e. The van der Waals surface area contributed by atoms with E-state index in [-0.39, 0.29) is 4.90 Å². The van der Waals surface area contributed by atoms with Gasteiger partial charge >= 0.3 is 0 Å². The molecule has 0 radical (unpaired) electrons. The second-order valence-corrected chi connectivity index (χ2v) is 8.59. The molecule has 4 nitrogen and oxygen atoms in total. The second kappa shape index (κ2) is 6.28. The van der Waals surface area contributed by atoms with Gasteiger partial charge in [-0.15, -0.1) is 0 Å². The predicted octanol–water partition coefficient (Wildman–Crippen LogP) is 4.67. The van der Waals surface area contributed by atoms with Gasteiger partial charge in [-0.1, -0.05) is 15.9 Å².